The summed E-state index contributed by atoms with van der Waals surface area (Å²) in [6.45, 7) is 0. The van der Waals surface area contributed by atoms with Crippen molar-refractivity contribution >= 4 is 26.0 Å². The molecule has 0 amide bonds. The van der Waals surface area contributed by atoms with Crippen LogP contribution in [0.3, 0.4) is 0 Å². The molecule has 0 radical (unpaired) electrons. The Morgan fingerprint density at radius 3 is 2.27 bits per heavy atom. The molecule has 1 aromatic carbocycles. The van der Waals surface area contributed by atoms with Crippen molar-refractivity contribution in [3.8, 4) is 0 Å². The molecule has 0 saturated heterocycles. The highest BCUT2D eigenvalue weighted by atomic mass is 79.9. The van der Waals surface area contributed by atoms with Crippen LogP contribution in [0.25, 0.3) is 0 Å². The van der Waals surface area contributed by atoms with Crippen LogP contribution in [0, 0.1) is 0 Å². The fourth-order valence-corrected chi connectivity index (χ4v) is 2.70. The van der Waals surface area contributed by atoms with Gasteiger partial charge in [-0.2, -0.15) is 8.42 Å². The fourth-order valence-electron chi connectivity index (χ4n) is 1.30. The molecule has 1 saturated carbocycles. The van der Waals surface area contributed by atoms with Crippen molar-refractivity contribution in [3.05, 3.63) is 28.7 Å². The van der Waals surface area contributed by atoms with E-state index in [9.17, 15) is 8.42 Å². The van der Waals surface area contributed by atoms with Gasteiger partial charge in [0.25, 0.3) is 10.1 Å². The normalized spacial score (nSPS) is 17.4. The number of hydrogen-bond donors (Lipinski definition) is 0. The fraction of sp³-hybridized carbons (Fsp3) is 0.400. The highest BCUT2D eigenvalue weighted by Gasteiger charge is 2.26. The second-order valence-electron chi connectivity index (χ2n) is 3.56. The van der Waals surface area contributed by atoms with Gasteiger partial charge in [0.2, 0.25) is 0 Å². The van der Waals surface area contributed by atoms with E-state index in [2.05, 4.69) is 15.9 Å². The molecule has 15 heavy (non-hydrogen) atoms. The molecular formula is C10H11BrO3S. The molecule has 3 nitrogen and oxygen atoms in total. The van der Waals surface area contributed by atoms with E-state index in [1.165, 1.54) is 12.1 Å². The van der Waals surface area contributed by atoms with Gasteiger partial charge in [-0.15, -0.1) is 0 Å². The number of rotatable bonds is 3. The molecule has 1 aromatic rings. The Morgan fingerprint density at radius 1 is 1.20 bits per heavy atom. The van der Waals surface area contributed by atoms with Gasteiger partial charge in [0.1, 0.15) is 0 Å². The van der Waals surface area contributed by atoms with Gasteiger partial charge in [-0.05, 0) is 43.5 Å². The van der Waals surface area contributed by atoms with Crippen molar-refractivity contribution in [3.63, 3.8) is 0 Å². The zero-order chi connectivity index (χ0) is 10.9. The maximum absolute atomic E-state index is 11.7. The van der Waals surface area contributed by atoms with Gasteiger partial charge in [-0.1, -0.05) is 15.9 Å². The molecule has 2 rings (SSSR count). The second kappa shape index (κ2) is 4.23. The van der Waals surface area contributed by atoms with Gasteiger partial charge < -0.3 is 0 Å². The first-order chi connectivity index (χ1) is 7.08. The Labute approximate surface area is 97.7 Å². The third kappa shape index (κ3) is 2.59. The maximum atomic E-state index is 11.7. The van der Waals surface area contributed by atoms with E-state index >= 15 is 0 Å². The van der Waals surface area contributed by atoms with E-state index in [4.69, 9.17) is 4.18 Å². The lowest BCUT2D eigenvalue weighted by Crippen LogP contribution is -2.25. The van der Waals surface area contributed by atoms with Crippen molar-refractivity contribution in [1.82, 2.24) is 0 Å². The van der Waals surface area contributed by atoms with Crippen LogP contribution >= 0.6 is 15.9 Å². The van der Waals surface area contributed by atoms with Crippen molar-refractivity contribution in [2.45, 2.75) is 30.3 Å². The summed E-state index contributed by atoms with van der Waals surface area (Å²) in [6.07, 6.45) is 2.63. The summed E-state index contributed by atoms with van der Waals surface area (Å²) in [5.74, 6) is 0. The lowest BCUT2D eigenvalue weighted by atomic mass is 9.97. The Kier molecular flexibility index (Phi) is 3.13. The Balaban J connectivity index is 2.17. The van der Waals surface area contributed by atoms with E-state index in [1.807, 2.05) is 0 Å². The molecule has 0 spiro atoms. The Morgan fingerprint density at radius 2 is 1.80 bits per heavy atom. The summed E-state index contributed by atoms with van der Waals surface area (Å²) in [6, 6.07) is 6.46. The van der Waals surface area contributed by atoms with E-state index in [0.29, 0.717) is 0 Å². The SMILES string of the molecule is O=S(=O)(OC1CCC1)c1ccc(Br)cc1. The van der Waals surface area contributed by atoms with Crippen LogP contribution in [0.5, 0.6) is 0 Å². The molecule has 1 aliphatic carbocycles. The first kappa shape index (κ1) is 11.1. The Hall–Kier alpha value is -0.390. The molecule has 0 heterocycles. The third-order valence-corrected chi connectivity index (χ3v) is 4.32. The largest absolute Gasteiger partial charge is 0.297 e. The number of benzene rings is 1. The quantitative estimate of drug-likeness (QED) is 0.804. The summed E-state index contributed by atoms with van der Waals surface area (Å²) in [7, 11) is -3.56. The minimum atomic E-state index is -3.56. The van der Waals surface area contributed by atoms with E-state index in [-0.39, 0.29) is 11.0 Å². The smallest absolute Gasteiger partial charge is 0.263 e. The third-order valence-electron chi connectivity index (χ3n) is 2.42. The first-order valence-corrected chi connectivity index (χ1v) is 6.97. The molecule has 0 bridgehead atoms. The molecule has 5 heteroatoms. The lowest BCUT2D eigenvalue weighted by molar-refractivity contribution is 0.127. The predicted octanol–water partition coefficient (Wildman–Crippen LogP) is 2.71. The maximum Gasteiger partial charge on any atom is 0.297 e. The molecule has 82 valence electrons. The van der Waals surface area contributed by atoms with Crippen LogP contribution in [-0.4, -0.2) is 14.5 Å². The molecular weight excluding hydrogens is 280 g/mol. The van der Waals surface area contributed by atoms with Gasteiger partial charge in [0.05, 0.1) is 11.0 Å². The van der Waals surface area contributed by atoms with Crippen LogP contribution in [0.15, 0.2) is 33.6 Å². The van der Waals surface area contributed by atoms with Crippen LogP contribution in [-0.2, 0) is 14.3 Å². The minimum Gasteiger partial charge on any atom is -0.263 e. The lowest BCUT2D eigenvalue weighted by Gasteiger charge is -2.24. The monoisotopic (exact) mass is 290 g/mol. The molecule has 0 unspecified atom stereocenters. The van der Waals surface area contributed by atoms with Crippen molar-refractivity contribution < 1.29 is 12.6 Å². The first-order valence-electron chi connectivity index (χ1n) is 4.77. The van der Waals surface area contributed by atoms with Crippen molar-refractivity contribution in [2.75, 3.05) is 0 Å². The summed E-state index contributed by atoms with van der Waals surface area (Å²) in [4.78, 5) is 0.220. The zero-order valence-corrected chi connectivity index (χ0v) is 10.4. The summed E-state index contributed by atoms with van der Waals surface area (Å²) in [5, 5.41) is 0. The summed E-state index contributed by atoms with van der Waals surface area (Å²) in [5.41, 5.74) is 0. The van der Waals surface area contributed by atoms with Crippen LogP contribution in [0.1, 0.15) is 19.3 Å². The highest BCUT2D eigenvalue weighted by Crippen LogP contribution is 2.26. The zero-order valence-electron chi connectivity index (χ0n) is 8.02. The standard InChI is InChI=1S/C10H11BrO3S/c11-8-4-6-10(7-5-8)15(12,13)14-9-2-1-3-9/h4-7,9H,1-3H2. The molecule has 0 aromatic heterocycles. The van der Waals surface area contributed by atoms with Crippen LogP contribution in [0.4, 0.5) is 0 Å². The van der Waals surface area contributed by atoms with Gasteiger partial charge in [-0.3, -0.25) is 4.18 Å². The van der Waals surface area contributed by atoms with Crippen molar-refractivity contribution in [1.29, 1.82) is 0 Å². The number of halogens is 1. The predicted molar refractivity (Wildman–Crippen MR) is 60.1 cm³/mol. The van der Waals surface area contributed by atoms with E-state index < -0.39 is 10.1 Å². The highest BCUT2D eigenvalue weighted by molar-refractivity contribution is 9.10. The van der Waals surface area contributed by atoms with Gasteiger partial charge in [0, 0.05) is 4.47 Å². The molecule has 1 fully saturated rings. The number of hydrogen-bond acceptors (Lipinski definition) is 3. The van der Waals surface area contributed by atoms with Crippen LogP contribution in [0.2, 0.25) is 0 Å². The topological polar surface area (TPSA) is 43.4 Å². The summed E-state index contributed by atoms with van der Waals surface area (Å²) >= 11 is 3.25. The molecule has 0 N–H and O–H groups in total. The Bertz CT molecular complexity index is 434. The average Bonchev–Trinajstić information content (AvgIpc) is 2.13. The molecule has 1 aliphatic rings. The van der Waals surface area contributed by atoms with Crippen molar-refractivity contribution in [2.24, 2.45) is 0 Å². The molecule has 0 aliphatic heterocycles. The van der Waals surface area contributed by atoms with E-state index in [0.717, 1.165) is 23.7 Å². The van der Waals surface area contributed by atoms with Gasteiger partial charge in [0.15, 0.2) is 0 Å². The second-order valence-corrected chi connectivity index (χ2v) is 6.04. The minimum absolute atomic E-state index is 0.112. The molecule has 0 atom stereocenters. The summed E-state index contributed by atoms with van der Waals surface area (Å²) < 4.78 is 29.3. The van der Waals surface area contributed by atoms with Gasteiger partial charge >= 0.3 is 0 Å². The van der Waals surface area contributed by atoms with E-state index in [1.54, 1.807) is 12.1 Å². The van der Waals surface area contributed by atoms with Crippen LogP contribution < -0.4 is 0 Å². The van der Waals surface area contributed by atoms with Gasteiger partial charge in [-0.25, -0.2) is 0 Å². The average molecular weight is 291 g/mol.